The van der Waals surface area contributed by atoms with Crippen LogP contribution in [0.1, 0.15) is 20.8 Å². The lowest BCUT2D eigenvalue weighted by molar-refractivity contribution is 0.104. The number of hydrogen-bond acceptors (Lipinski definition) is 4. The molecule has 4 nitrogen and oxygen atoms in total. The Morgan fingerprint density at radius 2 is 1.94 bits per heavy atom. The van der Waals surface area contributed by atoms with Crippen LogP contribution >= 0.6 is 0 Å². The summed E-state index contributed by atoms with van der Waals surface area (Å²) >= 11 is 0. The Morgan fingerprint density at radius 1 is 1.24 bits per heavy atom. The monoisotopic (exact) mass is 237 g/mol. The Bertz CT molecular complexity index is 361. The fraction of sp³-hybridized carbons (Fsp3) is 0.462. The van der Waals surface area contributed by atoms with E-state index in [0.717, 1.165) is 18.8 Å². The van der Waals surface area contributed by atoms with Gasteiger partial charge < -0.3 is 14.4 Å². The summed E-state index contributed by atoms with van der Waals surface area (Å²) < 4.78 is 9.77. The van der Waals surface area contributed by atoms with Crippen molar-refractivity contribution in [1.82, 2.24) is 0 Å². The van der Waals surface area contributed by atoms with Gasteiger partial charge in [0.05, 0.1) is 6.61 Å². The molecule has 0 fully saturated rings. The van der Waals surface area contributed by atoms with Crippen molar-refractivity contribution in [2.75, 3.05) is 24.6 Å². The van der Waals surface area contributed by atoms with Crippen LogP contribution in [-0.4, -0.2) is 25.9 Å². The van der Waals surface area contributed by atoms with Gasteiger partial charge in [-0.1, -0.05) is 6.07 Å². The highest BCUT2D eigenvalue weighted by atomic mass is 16.7. The van der Waals surface area contributed by atoms with Crippen molar-refractivity contribution in [3.8, 4) is 5.75 Å². The van der Waals surface area contributed by atoms with E-state index in [-0.39, 0.29) is 0 Å². The van der Waals surface area contributed by atoms with E-state index in [0.29, 0.717) is 12.4 Å². The molecule has 4 heteroatoms. The van der Waals surface area contributed by atoms with Crippen LogP contribution in [0.5, 0.6) is 5.75 Å². The van der Waals surface area contributed by atoms with E-state index in [4.69, 9.17) is 9.47 Å². The molecule has 0 aromatic heterocycles. The van der Waals surface area contributed by atoms with Gasteiger partial charge in [0.15, 0.2) is 0 Å². The highest BCUT2D eigenvalue weighted by Gasteiger charge is 2.07. The Labute approximate surface area is 102 Å². The predicted molar refractivity (Wildman–Crippen MR) is 67.7 cm³/mol. The first-order chi connectivity index (χ1) is 8.21. The molecule has 0 heterocycles. The minimum atomic E-state index is -0.663. The van der Waals surface area contributed by atoms with Crippen LogP contribution < -0.4 is 9.64 Å². The van der Waals surface area contributed by atoms with Gasteiger partial charge in [-0.2, -0.15) is 0 Å². The molecule has 0 amide bonds. The average Bonchev–Trinajstić information content (AvgIpc) is 2.31. The van der Waals surface area contributed by atoms with Crippen molar-refractivity contribution in [3.63, 3.8) is 0 Å². The number of carbonyl (C=O) groups excluding carboxylic acids is 1. The molecule has 0 saturated carbocycles. The van der Waals surface area contributed by atoms with Crippen molar-refractivity contribution < 1.29 is 14.3 Å². The molecule has 0 aliphatic rings. The van der Waals surface area contributed by atoms with Gasteiger partial charge in [-0.3, -0.25) is 0 Å². The zero-order valence-electron chi connectivity index (χ0n) is 10.6. The van der Waals surface area contributed by atoms with E-state index in [1.54, 1.807) is 13.0 Å². The van der Waals surface area contributed by atoms with E-state index >= 15 is 0 Å². The van der Waals surface area contributed by atoms with Gasteiger partial charge in [0.25, 0.3) is 0 Å². The lowest BCUT2D eigenvalue weighted by Gasteiger charge is -2.21. The molecule has 1 aromatic carbocycles. The van der Waals surface area contributed by atoms with Gasteiger partial charge >= 0.3 is 6.16 Å². The first kappa shape index (κ1) is 13.4. The van der Waals surface area contributed by atoms with Crippen LogP contribution in [0, 0.1) is 0 Å². The van der Waals surface area contributed by atoms with E-state index < -0.39 is 6.16 Å². The molecule has 0 unspecified atom stereocenters. The average molecular weight is 237 g/mol. The summed E-state index contributed by atoms with van der Waals surface area (Å²) in [6, 6.07) is 7.43. The lowest BCUT2D eigenvalue weighted by Crippen LogP contribution is -2.21. The van der Waals surface area contributed by atoms with Crippen LogP contribution in [0.25, 0.3) is 0 Å². The fourth-order valence-electron chi connectivity index (χ4n) is 1.58. The first-order valence-corrected chi connectivity index (χ1v) is 5.90. The van der Waals surface area contributed by atoms with Gasteiger partial charge in [0, 0.05) is 24.8 Å². The molecule has 17 heavy (non-hydrogen) atoms. The lowest BCUT2D eigenvalue weighted by atomic mass is 10.2. The molecule has 0 N–H and O–H groups in total. The minimum absolute atomic E-state index is 0.314. The molecular weight excluding hydrogens is 218 g/mol. The van der Waals surface area contributed by atoms with Crippen molar-refractivity contribution >= 4 is 11.8 Å². The van der Waals surface area contributed by atoms with Crippen LogP contribution in [0.3, 0.4) is 0 Å². The number of ether oxygens (including phenoxy) is 2. The smallest absolute Gasteiger partial charge is 0.434 e. The molecular formula is C13H19NO3. The second kappa shape index (κ2) is 6.78. The Hall–Kier alpha value is -1.71. The number of carbonyl (C=O) groups is 1. The summed E-state index contributed by atoms with van der Waals surface area (Å²) in [5.74, 6) is 0.507. The first-order valence-electron chi connectivity index (χ1n) is 5.90. The Balaban J connectivity index is 2.75. The van der Waals surface area contributed by atoms with Crippen molar-refractivity contribution in [2.45, 2.75) is 20.8 Å². The van der Waals surface area contributed by atoms with Gasteiger partial charge in [-0.15, -0.1) is 0 Å². The zero-order chi connectivity index (χ0) is 12.7. The van der Waals surface area contributed by atoms with E-state index in [1.165, 1.54) is 0 Å². The van der Waals surface area contributed by atoms with Gasteiger partial charge in [-0.05, 0) is 32.9 Å². The SMILES string of the molecule is CCOC(=O)Oc1cccc(N(CC)CC)c1. The third-order valence-electron chi connectivity index (χ3n) is 2.41. The predicted octanol–water partition coefficient (Wildman–Crippen LogP) is 3.07. The van der Waals surface area contributed by atoms with Crippen molar-refractivity contribution in [1.29, 1.82) is 0 Å². The molecule has 0 spiro atoms. The Morgan fingerprint density at radius 3 is 2.53 bits per heavy atom. The summed E-state index contributed by atoms with van der Waals surface area (Å²) in [5, 5.41) is 0. The summed E-state index contributed by atoms with van der Waals surface area (Å²) in [6.07, 6.45) is -0.663. The van der Waals surface area contributed by atoms with Crippen LogP contribution in [0.4, 0.5) is 10.5 Å². The summed E-state index contributed by atoms with van der Waals surface area (Å²) in [5.41, 5.74) is 1.04. The van der Waals surface area contributed by atoms with Crippen LogP contribution in [0.2, 0.25) is 0 Å². The quantitative estimate of drug-likeness (QED) is 0.582. The van der Waals surface area contributed by atoms with E-state index in [9.17, 15) is 4.79 Å². The topological polar surface area (TPSA) is 38.8 Å². The third-order valence-corrected chi connectivity index (χ3v) is 2.41. The highest BCUT2D eigenvalue weighted by molar-refractivity contribution is 5.65. The van der Waals surface area contributed by atoms with E-state index in [1.807, 2.05) is 18.2 Å². The molecule has 0 bridgehead atoms. The standard InChI is InChI=1S/C13H19NO3/c1-4-14(5-2)11-8-7-9-12(10-11)17-13(15)16-6-3/h7-10H,4-6H2,1-3H3. The zero-order valence-corrected chi connectivity index (χ0v) is 10.6. The second-order valence-corrected chi connectivity index (χ2v) is 3.45. The van der Waals surface area contributed by atoms with Crippen molar-refractivity contribution in [3.05, 3.63) is 24.3 Å². The second-order valence-electron chi connectivity index (χ2n) is 3.45. The maximum absolute atomic E-state index is 11.2. The molecule has 0 aliphatic heterocycles. The largest absolute Gasteiger partial charge is 0.513 e. The summed E-state index contributed by atoms with van der Waals surface area (Å²) in [4.78, 5) is 13.4. The molecule has 94 valence electrons. The number of hydrogen-bond donors (Lipinski definition) is 0. The number of anilines is 1. The summed E-state index contributed by atoms with van der Waals surface area (Å²) in [7, 11) is 0. The van der Waals surface area contributed by atoms with E-state index in [2.05, 4.69) is 18.7 Å². The van der Waals surface area contributed by atoms with Crippen LogP contribution in [-0.2, 0) is 4.74 Å². The van der Waals surface area contributed by atoms with Crippen molar-refractivity contribution in [2.24, 2.45) is 0 Å². The van der Waals surface area contributed by atoms with Gasteiger partial charge in [0.2, 0.25) is 0 Å². The molecule has 1 rings (SSSR count). The minimum Gasteiger partial charge on any atom is -0.434 e. The number of nitrogens with zero attached hydrogens (tertiary/aromatic N) is 1. The van der Waals surface area contributed by atoms with Crippen LogP contribution in [0.15, 0.2) is 24.3 Å². The molecule has 0 aliphatic carbocycles. The normalized spacial score (nSPS) is 9.82. The molecule has 0 atom stereocenters. The Kier molecular flexibility index (Phi) is 5.33. The molecule has 0 saturated heterocycles. The number of rotatable bonds is 5. The van der Waals surface area contributed by atoms with Gasteiger partial charge in [0.1, 0.15) is 5.75 Å². The summed E-state index contributed by atoms with van der Waals surface area (Å²) in [6.45, 7) is 8.06. The maximum atomic E-state index is 11.2. The number of benzene rings is 1. The van der Waals surface area contributed by atoms with Gasteiger partial charge in [-0.25, -0.2) is 4.79 Å². The molecule has 1 aromatic rings. The highest BCUT2D eigenvalue weighted by Crippen LogP contribution is 2.21. The maximum Gasteiger partial charge on any atom is 0.513 e. The molecule has 0 radical (unpaired) electrons. The third kappa shape index (κ3) is 3.98. The fourth-order valence-corrected chi connectivity index (χ4v) is 1.58.